The highest BCUT2D eigenvalue weighted by Gasteiger charge is 2.26. The Bertz CT molecular complexity index is 563. The van der Waals surface area contributed by atoms with E-state index in [9.17, 15) is 4.39 Å². The number of aromatic nitrogens is 2. The zero-order valence-electron chi connectivity index (χ0n) is 10.7. The van der Waals surface area contributed by atoms with Crippen LogP contribution in [-0.2, 0) is 0 Å². The number of fused-ring (bicyclic) bond motifs is 1. The van der Waals surface area contributed by atoms with Crippen LogP contribution in [-0.4, -0.2) is 48.1 Å². The number of nitrogens with one attached hydrogen (secondary N) is 1. The molecule has 3 rings (SSSR count). The van der Waals surface area contributed by atoms with Gasteiger partial charge in [-0.1, -0.05) is 0 Å². The molecule has 1 aliphatic rings. The van der Waals surface area contributed by atoms with Crippen molar-refractivity contribution >= 4 is 16.7 Å². The zero-order valence-corrected chi connectivity index (χ0v) is 10.7. The Kier molecular flexibility index (Phi) is 2.70. The van der Waals surface area contributed by atoms with Crippen molar-refractivity contribution in [2.45, 2.75) is 12.5 Å². The molecule has 1 aliphatic heterocycles. The van der Waals surface area contributed by atoms with Crippen LogP contribution in [0.2, 0.25) is 0 Å². The zero-order chi connectivity index (χ0) is 12.7. The summed E-state index contributed by atoms with van der Waals surface area (Å²) in [5.41, 5.74) is 2.23. The van der Waals surface area contributed by atoms with Crippen molar-refractivity contribution in [2.24, 2.45) is 0 Å². The van der Waals surface area contributed by atoms with E-state index in [-0.39, 0.29) is 5.82 Å². The molecule has 2 aromatic rings. The molecule has 1 saturated heterocycles. The van der Waals surface area contributed by atoms with Crippen molar-refractivity contribution in [3.05, 3.63) is 24.3 Å². The van der Waals surface area contributed by atoms with E-state index in [1.807, 2.05) is 6.07 Å². The van der Waals surface area contributed by atoms with Gasteiger partial charge in [0.15, 0.2) is 0 Å². The number of H-pyrrole nitrogens is 1. The number of hydrogen-bond acceptors (Lipinski definition) is 3. The fraction of sp³-hybridized carbons (Fsp3) is 0.462. The summed E-state index contributed by atoms with van der Waals surface area (Å²) in [7, 11) is 4.14. The van der Waals surface area contributed by atoms with Crippen LogP contribution in [0.25, 0.3) is 11.0 Å². The summed E-state index contributed by atoms with van der Waals surface area (Å²) in [6.07, 6.45) is 2.67. The van der Waals surface area contributed by atoms with Gasteiger partial charge in [0.05, 0.1) is 23.0 Å². The van der Waals surface area contributed by atoms with Gasteiger partial charge in [-0.25, -0.2) is 9.37 Å². The molecular formula is C13H17FN4. The maximum Gasteiger partial charge on any atom is 0.148 e. The first-order valence-corrected chi connectivity index (χ1v) is 6.19. The van der Waals surface area contributed by atoms with Gasteiger partial charge in [0, 0.05) is 25.2 Å². The molecule has 0 bridgehead atoms. The molecule has 0 spiro atoms. The summed E-state index contributed by atoms with van der Waals surface area (Å²) < 4.78 is 14.1. The maximum absolute atomic E-state index is 14.1. The normalized spacial score (nSPS) is 20.2. The second-order valence-corrected chi connectivity index (χ2v) is 5.08. The summed E-state index contributed by atoms with van der Waals surface area (Å²) in [5.74, 6) is -0.175. The Balaban J connectivity index is 1.92. The largest absolute Gasteiger partial charge is 0.367 e. The topological polar surface area (TPSA) is 35.2 Å². The SMILES string of the molecule is CN(C)C1CCN(c2cc3nc[nH]c3cc2F)C1. The third-order valence-corrected chi connectivity index (χ3v) is 3.72. The molecule has 1 aromatic carbocycles. The first-order valence-electron chi connectivity index (χ1n) is 6.19. The van der Waals surface area contributed by atoms with Crippen molar-refractivity contribution in [1.82, 2.24) is 14.9 Å². The Morgan fingerprint density at radius 2 is 2.28 bits per heavy atom. The standard InChI is InChI=1S/C13H17FN4/c1-17(2)9-3-4-18(7-9)13-6-12-11(5-10(13)14)15-8-16-12/h5-6,8-9H,3-4,7H2,1-2H3,(H,15,16). The molecule has 5 heteroatoms. The van der Waals surface area contributed by atoms with Gasteiger partial charge in [-0.15, -0.1) is 0 Å². The van der Waals surface area contributed by atoms with E-state index >= 15 is 0 Å². The molecule has 0 saturated carbocycles. The van der Waals surface area contributed by atoms with Crippen LogP contribution in [0.1, 0.15) is 6.42 Å². The van der Waals surface area contributed by atoms with Crippen molar-refractivity contribution in [2.75, 3.05) is 32.1 Å². The molecular weight excluding hydrogens is 231 g/mol. The van der Waals surface area contributed by atoms with Gasteiger partial charge in [0.1, 0.15) is 5.82 Å². The van der Waals surface area contributed by atoms with Crippen LogP contribution in [0.3, 0.4) is 0 Å². The molecule has 96 valence electrons. The number of halogens is 1. The summed E-state index contributed by atoms with van der Waals surface area (Å²) in [6, 6.07) is 3.86. The number of anilines is 1. The first-order chi connectivity index (χ1) is 8.65. The Morgan fingerprint density at radius 1 is 1.44 bits per heavy atom. The lowest BCUT2D eigenvalue weighted by atomic mass is 10.2. The number of hydrogen-bond donors (Lipinski definition) is 1. The average Bonchev–Trinajstić information content (AvgIpc) is 2.94. The first kappa shape index (κ1) is 11.5. The Hall–Kier alpha value is -1.62. The Labute approximate surface area is 105 Å². The number of rotatable bonds is 2. The highest BCUT2D eigenvalue weighted by atomic mass is 19.1. The van der Waals surface area contributed by atoms with Gasteiger partial charge in [0.25, 0.3) is 0 Å². The predicted molar refractivity (Wildman–Crippen MR) is 70.4 cm³/mol. The van der Waals surface area contributed by atoms with Crippen LogP contribution in [0.15, 0.2) is 18.5 Å². The number of likely N-dealkylation sites (N-methyl/N-ethyl adjacent to an activating group) is 1. The molecule has 1 N–H and O–H groups in total. The third kappa shape index (κ3) is 1.84. The third-order valence-electron chi connectivity index (χ3n) is 3.72. The molecule has 1 unspecified atom stereocenters. The lowest BCUT2D eigenvalue weighted by molar-refractivity contribution is 0.315. The quantitative estimate of drug-likeness (QED) is 0.880. The van der Waals surface area contributed by atoms with E-state index in [4.69, 9.17) is 0 Å². The van der Waals surface area contributed by atoms with Gasteiger partial charge in [-0.3, -0.25) is 0 Å². The van der Waals surface area contributed by atoms with Gasteiger partial charge in [-0.05, 0) is 26.6 Å². The van der Waals surface area contributed by atoms with Crippen molar-refractivity contribution in [3.63, 3.8) is 0 Å². The summed E-state index contributed by atoms with van der Waals surface area (Å²) in [6.45, 7) is 1.77. The highest BCUT2D eigenvalue weighted by molar-refractivity contribution is 5.79. The van der Waals surface area contributed by atoms with Gasteiger partial charge in [-0.2, -0.15) is 0 Å². The summed E-state index contributed by atoms with van der Waals surface area (Å²) >= 11 is 0. The van der Waals surface area contributed by atoms with Crippen LogP contribution in [0.4, 0.5) is 10.1 Å². The molecule has 4 nitrogen and oxygen atoms in total. The fourth-order valence-electron chi connectivity index (χ4n) is 2.57. The molecule has 1 atom stereocenters. The minimum absolute atomic E-state index is 0.175. The van der Waals surface area contributed by atoms with E-state index in [1.54, 1.807) is 6.33 Å². The van der Waals surface area contributed by atoms with Crippen LogP contribution in [0.5, 0.6) is 0 Å². The molecule has 2 heterocycles. The molecule has 0 amide bonds. The highest BCUT2D eigenvalue weighted by Crippen LogP contribution is 2.28. The lowest BCUT2D eigenvalue weighted by Crippen LogP contribution is -2.31. The number of imidazole rings is 1. The smallest absolute Gasteiger partial charge is 0.148 e. The molecule has 0 radical (unpaired) electrons. The van der Waals surface area contributed by atoms with E-state index < -0.39 is 0 Å². The summed E-state index contributed by atoms with van der Waals surface area (Å²) in [5, 5.41) is 0. The lowest BCUT2D eigenvalue weighted by Gasteiger charge is -2.22. The van der Waals surface area contributed by atoms with Gasteiger partial charge in [0.2, 0.25) is 0 Å². The monoisotopic (exact) mass is 248 g/mol. The van der Waals surface area contributed by atoms with E-state index in [0.29, 0.717) is 11.7 Å². The minimum atomic E-state index is -0.175. The molecule has 0 aliphatic carbocycles. The minimum Gasteiger partial charge on any atom is -0.367 e. The summed E-state index contributed by atoms with van der Waals surface area (Å²) in [4.78, 5) is 11.4. The van der Waals surface area contributed by atoms with E-state index in [2.05, 4.69) is 33.9 Å². The van der Waals surface area contributed by atoms with Crippen molar-refractivity contribution < 1.29 is 4.39 Å². The number of nitrogens with zero attached hydrogens (tertiary/aromatic N) is 3. The molecule has 18 heavy (non-hydrogen) atoms. The van der Waals surface area contributed by atoms with Gasteiger partial charge < -0.3 is 14.8 Å². The van der Waals surface area contributed by atoms with Crippen LogP contribution in [0, 0.1) is 5.82 Å². The number of aromatic amines is 1. The van der Waals surface area contributed by atoms with Gasteiger partial charge >= 0.3 is 0 Å². The molecule has 1 fully saturated rings. The second-order valence-electron chi connectivity index (χ2n) is 5.08. The Morgan fingerprint density at radius 3 is 3.00 bits per heavy atom. The van der Waals surface area contributed by atoms with Crippen molar-refractivity contribution in [3.8, 4) is 0 Å². The van der Waals surface area contributed by atoms with E-state index in [0.717, 1.165) is 30.5 Å². The number of benzene rings is 1. The van der Waals surface area contributed by atoms with Crippen LogP contribution >= 0.6 is 0 Å². The average molecular weight is 248 g/mol. The molecule has 1 aromatic heterocycles. The fourth-order valence-corrected chi connectivity index (χ4v) is 2.57. The second kappa shape index (κ2) is 4.24. The predicted octanol–water partition coefficient (Wildman–Crippen LogP) is 1.84. The van der Waals surface area contributed by atoms with Crippen molar-refractivity contribution in [1.29, 1.82) is 0 Å². The maximum atomic E-state index is 14.1. The van der Waals surface area contributed by atoms with Crippen LogP contribution < -0.4 is 4.90 Å². The van der Waals surface area contributed by atoms with E-state index in [1.165, 1.54) is 6.07 Å².